The average Bonchev–Trinajstić information content (AvgIpc) is 2.69. The normalized spacial score (nSPS) is 38.2. The van der Waals surface area contributed by atoms with E-state index in [1.165, 1.54) is 12.8 Å². The minimum absolute atomic E-state index is 0.0116. The molecule has 3 fully saturated rings. The van der Waals surface area contributed by atoms with Gasteiger partial charge in [-0.05, 0) is 52.5 Å². The van der Waals surface area contributed by atoms with Gasteiger partial charge in [0.15, 0.2) is 0 Å². The first-order valence-corrected chi connectivity index (χ1v) is 6.43. The molecule has 0 aromatic heterocycles. The molecule has 0 aromatic carbocycles. The van der Waals surface area contributed by atoms with Crippen LogP contribution in [0.15, 0.2) is 0 Å². The van der Waals surface area contributed by atoms with E-state index in [1.807, 2.05) is 0 Å². The average molecular weight is 223 g/mol. The van der Waals surface area contributed by atoms with Gasteiger partial charge in [-0.1, -0.05) is 0 Å². The Hall–Kier alpha value is -0.0551. The third-order valence-electron chi connectivity index (χ3n) is 5.12. The molecule has 3 nitrogen and oxygen atoms in total. The predicted molar refractivity (Wildman–Crippen MR) is 64.4 cm³/mol. The maximum absolute atomic E-state index is 6.16. The SMILES string of the molecule is CC1(C)OB(C2CNCC23CC3)OC1(C)C. The lowest BCUT2D eigenvalue weighted by molar-refractivity contribution is 0.00578. The second-order valence-corrected chi connectivity index (χ2v) is 6.72. The van der Waals surface area contributed by atoms with E-state index in [2.05, 4.69) is 33.0 Å². The van der Waals surface area contributed by atoms with Gasteiger partial charge < -0.3 is 14.6 Å². The number of hydrogen-bond acceptors (Lipinski definition) is 3. The van der Waals surface area contributed by atoms with Crippen molar-refractivity contribution in [2.75, 3.05) is 13.1 Å². The Morgan fingerprint density at radius 1 is 1.06 bits per heavy atom. The van der Waals surface area contributed by atoms with Crippen LogP contribution >= 0.6 is 0 Å². The lowest BCUT2D eigenvalue weighted by Gasteiger charge is -2.32. The van der Waals surface area contributed by atoms with Crippen molar-refractivity contribution >= 4 is 7.12 Å². The van der Waals surface area contributed by atoms with Crippen LogP contribution in [0.5, 0.6) is 0 Å². The molecule has 2 saturated heterocycles. The fourth-order valence-electron chi connectivity index (χ4n) is 2.97. The monoisotopic (exact) mass is 223 g/mol. The van der Waals surface area contributed by atoms with Gasteiger partial charge in [0.2, 0.25) is 0 Å². The van der Waals surface area contributed by atoms with Crippen LogP contribution in [0.25, 0.3) is 0 Å². The molecule has 1 saturated carbocycles. The van der Waals surface area contributed by atoms with E-state index < -0.39 is 0 Å². The van der Waals surface area contributed by atoms with Gasteiger partial charge in [0.25, 0.3) is 0 Å². The van der Waals surface area contributed by atoms with Crippen LogP contribution in [0.3, 0.4) is 0 Å². The van der Waals surface area contributed by atoms with Crippen LogP contribution < -0.4 is 5.32 Å². The Labute approximate surface area is 98.4 Å². The number of nitrogens with one attached hydrogen (secondary N) is 1. The Morgan fingerprint density at radius 2 is 1.62 bits per heavy atom. The highest BCUT2D eigenvalue weighted by atomic mass is 16.7. The van der Waals surface area contributed by atoms with Crippen molar-refractivity contribution in [3.8, 4) is 0 Å². The molecule has 0 amide bonds. The van der Waals surface area contributed by atoms with Crippen LogP contribution in [0.4, 0.5) is 0 Å². The largest absolute Gasteiger partial charge is 0.463 e. The zero-order valence-electron chi connectivity index (χ0n) is 10.8. The number of hydrogen-bond donors (Lipinski definition) is 1. The molecule has 1 spiro atoms. The van der Waals surface area contributed by atoms with Crippen LogP contribution in [-0.4, -0.2) is 31.4 Å². The van der Waals surface area contributed by atoms with Gasteiger partial charge in [-0.25, -0.2) is 0 Å². The van der Waals surface area contributed by atoms with E-state index in [4.69, 9.17) is 9.31 Å². The highest BCUT2D eigenvalue weighted by molar-refractivity contribution is 6.48. The number of rotatable bonds is 1. The highest BCUT2D eigenvalue weighted by Crippen LogP contribution is 2.59. The van der Waals surface area contributed by atoms with Gasteiger partial charge in [-0.15, -0.1) is 0 Å². The van der Waals surface area contributed by atoms with E-state index in [-0.39, 0.29) is 18.3 Å². The molecule has 1 unspecified atom stereocenters. The maximum atomic E-state index is 6.16. The van der Waals surface area contributed by atoms with E-state index in [1.54, 1.807) is 0 Å². The fourth-order valence-corrected chi connectivity index (χ4v) is 2.97. The molecule has 2 heterocycles. The summed E-state index contributed by atoms with van der Waals surface area (Å²) in [5.41, 5.74) is 0.133. The van der Waals surface area contributed by atoms with Crippen LogP contribution in [0.1, 0.15) is 40.5 Å². The van der Waals surface area contributed by atoms with Crippen LogP contribution in [0, 0.1) is 5.41 Å². The minimum atomic E-state index is -0.184. The van der Waals surface area contributed by atoms with Crippen LogP contribution in [0.2, 0.25) is 5.82 Å². The van der Waals surface area contributed by atoms with Crippen molar-refractivity contribution < 1.29 is 9.31 Å². The molecule has 1 atom stereocenters. The Bertz CT molecular complexity index is 296. The first kappa shape index (κ1) is 11.1. The third-order valence-corrected chi connectivity index (χ3v) is 5.12. The molecule has 0 aromatic rings. The molecular formula is C12H22BNO2. The molecule has 3 aliphatic rings. The molecule has 1 N–H and O–H groups in total. The molecular weight excluding hydrogens is 201 g/mol. The first-order chi connectivity index (χ1) is 7.36. The molecule has 4 heteroatoms. The topological polar surface area (TPSA) is 30.5 Å². The minimum Gasteiger partial charge on any atom is -0.403 e. The smallest absolute Gasteiger partial charge is 0.403 e. The summed E-state index contributed by atoms with van der Waals surface area (Å²) in [6.07, 6.45) is 2.68. The summed E-state index contributed by atoms with van der Waals surface area (Å²) in [5.74, 6) is 0.550. The summed E-state index contributed by atoms with van der Waals surface area (Å²) in [6, 6.07) is 0. The summed E-state index contributed by atoms with van der Waals surface area (Å²) in [7, 11) is -0.0116. The van der Waals surface area contributed by atoms with Gasteiger partial charge in [0.05, 0.1) is 11.2 Å². The second-order valence-electron chi connectivity index (χ2n) is 6.72. The maximum Gasteiger partial charge on any atom is 0.463 e. The summed E-state index contributed by atoms with van der Waals surface area (Å²) in [5, 5.41) is 3.50. The Kier molecular flexibility index (Phi) is 2.10. The van der Waals surface area contributed by atoms with Crippen molar-refractivity contribution in [1.82, 2.24) is 5.32 Å². The summed E-state index contributed by atoms with van der Waals surface area (Å²) < 4.78 is 12.3. The molecule has 0 bridgehead atoms. The molecule has 90 valence electrons. The molecule has 2 aliphatic heterocycles. The molecule has 1 aliphatic carbocycles. The van der Waals surface area contributed by atoms with E-state index >= 15 is 0 Å². The van der Waals surface area contributed by atoms with E-state index in [9.17, 15) is 0 Å². The molecule has 0 radical (unpaired) electrons. The van der Waals surface area contributed by atoms with E-state index in [0.717, 1.165) is 13.1 Å². The zero-order chi connectivity index (χ0) is 11.6. The standard InChI is InChI=1S/C12H22BNO2/c1-10(2)11(3,4)16-13(15-10)9-7-14-8-12(9)5-6-12/h9,14H,5-8H2,1-4H3. The van der Waals surface area contributed by atoms with Gasteiger partial charge in [0.1, 0.15) is 0 Å². The van der Waals surface area contributed by atoms with E-state index in [0.29, 0.717) is 11.2 Å². The first-order valence-electron chi connectivity index (χ1n) is 6.43. The Balaban J connectivity index is 1.79. The van der Waals surface area contributed by atoms with Gasteiger partial charge in [0, 0.05) is 12.4 Å². The highest BCUT2D eigenvalue weighted by Gasteiger charge is 2.63. The lowest BCUT2D eigenvalue weighted by Crippen LogP contribution is -2.41. The third kappa shape index (κ3) is 1.39. The molecule has 3 rings (SSSR count). The fraction of sp³-hybridized carbons (Fsp3) is 1.00. The lowest BCUT2D eigenvalue weighted by atomic mass is 9.64. The molecule has 16 heavy (non-hydrogen) atoms. The zero-order valence-corrected chi connectivity index (χ0v) is 10.8. The second kappa shape index (κ2) is 3.03. The van der Waals surface area contributed by atoms with Gasteiger partial charge in [-0.3, -0.25) is 0 Å². The van der Waals surface area contributed by atoms with Crippen molar-refractivity contribution in [3.63, 3.8) is 0 Å². The van der Waals surface area contributed by atoms with Crippen molar-refractivity contribution in [3.05, 3.63) is 0 Å². The Morgan fingerprint density at radius 3 is 2.12 bits per heavy atom. The van der Waals surface area contributed by atoms with Crippen LogP contribution in [-0.2, 0) is 9.31 Å². The summed E-state index contributed by atoms with van der Waals surface area (Å²) in [4.78, 5) is 0. The summed E-state index contributed by atoms with van der Waals surface area (Å²) in [6.45, 7) is 10.7. The van der Waals surface area contributed by atoms with Crippen molar-refractivity contribution in [2.45, 2.75) is 57.6 Å². The predicted octanol–water partition coefficient (Wildman–Crippen LogP) is 1.83. The van der Waals surface area contributed by atoms with Gasteiger partial charge >= 0.3 is 7.12 Å². The van der Waals surface area contributed by atoms with Gasteiger partial charge in [-0.2, -0.15) is 0 Å². The van der Waals surface area contributed by atoms with Crippen molar-refractivity contribution in [2.24, 2.45) is 5.41 Å². The summed E-state index contributed by atoms with van der Waals surface area (Å²) >= 11 is 0. The quantitative estimate of drug-likeness (QED) is 0.688. The van der Waals surface area contributed by atoms with Crippen molar-refractivity contribution in [1.29, 1.82) is 0 Å².